The van der Waals surface area contributed by atoms with E-state index >= 15 is 0 Å². The molecule has 1 saturated heterocycles. The monoisotopic (exact) mass is 433 g/mol. The number of amides is 1. The van der Waals surface area contributed by atoms with Crippen LogP contribution in [0, 0.1) is 0 Å². The van der Waals surface area contributed by atoms with Crippen LogP contribution >= 0.6 is 0 Å². The molecular weight excluding hydrogens is 406 g/mol. The Balaban J connectivity index is 1.55. The van der Waals surface area contributed by atoms with Gasteiger partial charge in [0.25, 0.3) is 5.91 Å². The maximum absolute atomic E-state index is 13.4. The van der Waals surface area contributed by atoms with E-state index in [0.29, 0.717) is 36.7 Å². The number of nitrogens with zero attached hydrogens (tertiary/aromatic N) is 5. The Morgan fingerprint density at radius 2 is 1.88 bits per heavy atom. The lowest BCUT2D eigenvalue weighted by molar-refractivity contribution is 0.0732. The van der Waals surface area contributed by atoms with Crippen LogP contribution < -0.4 is 0 Å². The number of benzene rings is 2. The molecule has 1 atom stereocenters. The molecule has 4 rings (SSSR count). The number of hydrogen-bond acceptors (Lipinski definition) is 7. The maximum atomic E-state index is 13.4. The van der Waals surface area contributed by atoms with E-state index in [9.17, 15) is 4.79 Å². The Kier molecular flexibility index (Phi) is 6.61. The molecule has 0 aliphatic carbocycles. The van der Waals surface area contributed by atoms with Gasteiger partial charge in [-0.25, -0.2) is 0 Å². The fourth-order valence-corrected chi connectivity index (χ4v) is 3.77. The van der Waals surface area contributed by atoms with E-state index in [2.05, 4.69) is 20.2 Å². The van der Waals surface area contributed by atoms with Crippen LogP contribution in [-0.4, -0.2) is 65.9 Å². The lowest BCUT2D eigenvalue weighted by Gasteiger charge is -2.21. The molecule has 0 spiro atoms. The summed E-state index contributed by atoms with van der Waals surface area (Å²) in [7, 11) is 5.49. The minimum Gasteiger partial charge on any atom is -0.399 e. The van der Waals surface area contributed by atoms with Crippen LogP contribution in [0.4, 0.5) is 0 Å². The molecule has 1 unspecified atom stereocenters. The number of likely N-dealkylation sites (N-methyl/N-ethyl adjacent to an activating group) is 1. The smallest absolute Gasteiger partial charge is 0.254 e. The van der Waals surface area contributed by atoms with Crippen LogP contribution in [0.5, 0.6) is 0 Å². The van der Waals surface area contributed by atoms with Gasteiger partial charge >= 0.3 is 0 Å². The number of aromatic nitrogens is 2. The van der Waals surface area contributed by atoms with Gasteiger partial charge in [0, 0.05) is 24.9 Å². The van der Waals surface area contributed by atoms with E-state index in [4.69, 9.17) is 9.36 Å². The van der Waals surface area contributed by atoms with Gasteiger partial charge in [-0.15, -0.1) is 0 Å². The average molecular weight is 434 g/mol. The summed E-state index contributed by atoms with van der Waals surface area (Å²) in [5.41, 5.74) is 3.54. The zero-order valence-corrected chi connectivity index (χ0v) is 18.6. The van der Waals surface area contributed by atoms with Crippen molar-refractivity contribution in [2.24, 2.45) is 5.16 Å². The third-order valence-electron chi connectivity index (χ3n) is 5.43. The first-order chi connectivity index (χ1) is 15.5. The lowest BCUT2D eigenvalue weighted by Crippen LogP contribution is -2.31. The van der Waals surface area contributed by atoms with Crippen LogP contribution in [0.15, 0.2) is 64.3 Å². The van der Waals surface area contributed by atoms with Gasteiger partial charge in [-0.2, -0.15) is 4.98 Å². The largest absolute Gasteiger partial charge is 0.399 e. The molecule has 32 heavy (non-hydrogen) atoms. The van der Waals surface area contributed by atoms with E-state index in [1.54, 1.807) is 4.90 Å². The maximum Gasteiger partial charge on any atom is 0.254 e. The summed E-state index contributed by atoms with van der Waals surface area (Å²) >= 11 is 0. The molecule has 166 valence electrons. The molecule has 8 heteroatoms. The van der Waals surface area contributed by atoms with E-state index in [0.717, 1.165) is 23.4 Å². The first-order valence-corrected chi connectivity index (χ1v) is 10.6. The normalized spacial score (nSPS) is 17.3. The standard InChI is InChI=1S/C24H27N5O3/c1-28(2)14-13-22-25-23(27-32-22)21-15-20(26-31-3)16-29(21)24(30)19-11-9-18(10-12-19)17-7-5-4-6-8-17/h4-12,21H,13-16H2,1-3H3. The summed E-state index contributed by atoms with van der Waals surface area (Å²) in [5, 5.41) is 8.23. The Morgan fingerprint density at radius 1 is 1.16 bits per heavy atom. The molecule has 3 aromatic rings. The van der Waals surface area contributed by atoms with Crippen LogP contribution in [0.25, 0.3) is 11.1 Å². The molecular formula is C24H27N5O3. The van der Waals surface area contributed by atoms with Gasteiger partial charge in [0.1, 0.15) is 13.2 Å². The van der Waals surface area contributed by atoms with Crippen molar-refractivity contribution in [3.8, 4) is 11.1 Å². The molecule has 1 amide bonds. The molecule has 8 nitrogen and oxygen atoms in total. The topological polar surface area (TPSA) is 84.1 Å². The van der Waals surface area contributed by atoms with Crippen molar-refractivity contribution in [2.45, 2.75) is 18.9 Å². The summed E-state index contributed by atoms with van der Waals surface area (Å²) in [6.45, 7) is 1.17. The van der Waals surface area contributed by atoms with Crippen molar-refractivity contribution in [1.82, 2.24) is 19.9 Å². The summed E-state index contributed by atoms with van der Waals surface area (Å²) in [6, 6.07) is 17.4. The first-order valence-electron chi connectivity index (χ1n) is 10.6. The van der Waals surface area contributed by atoms with Crippen molar-refractivity contribution in [3.05, 3.63) is 71.9 Å². The van der Waals surface area contributed by atoms with E-state index < -0.39 is 0 Å². The molecule has 1 aromatic heterocycles. The Labute approximate surface area is 187 Å². The van der Waals surface area contributed by atoms with Crippen molar-refractivity contribution in [3.63, 3.8) is 0 Å². The van der Waals surface area contributed by atoms with E-state index in [1.165, 1.54) is 7.11 Å². The van der Waals surface area contributed by atoms with Crippen LogP contribution in [0.2, 0.25) is 0 Å². The van der Waals surface area contributed by atoms with Gasteiger partial charge in [-0.3, -0.25) is 4.79 Å². The minimum atomic E-state index is -0.345. The third kappa shape index (κ3) is 4.86. The number of carbonyl (C=O) groups excluding carboxylic acids is 1. The Morgan fingerprint density at radius 3 is 2.56 bits per heavy atom. The number of rotatable bonds is 7. The molecule has 1 aliphatic rings. The molecule has 2 aromatic carbocycles. The highest BCUT2D eigenvalue weighted by molar-refractivity contribution is 6.00. The Bertz CT molecular complexity index is 1080. The number of likely N-dealkylation sites (tertiary alicyclic amines) is 1. The second-order valence-corrected chi connectivity index (χ2v) is 8.04. The highest BCUT2D eigenvalue weighted by Gasteiger charge is 2.37. The summed E-state index contributed by atoms with van der Waals surface area (Å²) in [4.78, 5) is 26.7. The van der Waals surface area contributed by atoms with Crippen molar-refractivity contribution in [2.75, 3.05) is 34.3 Å². The lowest BCUT2D eigenvalue weighted by atomic mass is 10.0. The molecule has 1 aliphatic heterocycles. The van der Waals surface area contributed by atoms with Crippen LogP contribution in [-0.2, 0) is 11.3 Å². The predicted octanol–water partition coefficient (Wildman–Crippen LogP) is 3.43. The predicted molar refractivity (Wildman–Crippen MR) is 121 cm³/mol. The highest BCUT2D eigenvalue weighted by atomic mass is 16.6. The van der Waals surface area contributed by atoms with E-state index in [-0.39, 0.29) is 11.9 Å². The minimum absolute atomic E-state index is 0.101. The molecule has 0 bridgehead atoms. The molecule has 2 heterocycles. The SMILES string of the molecule is CON=C1CC(c2noc(CCN(C)C)n2)N(C(=O)c2ccc(-c3ccccc3)cc2)C1. The molecule has 0 radical (unpaired) electrons. The summed E-state index contributed by atoms with van der Waals surface area (Å²) in [5.74, 6) is 0.954. The van der Waals surface area contributed by atoms with Gasteiger partial charge in [-0.1, -0.05) is 52.8 Å². The summed E-state index contributed by atoms with van der Waals surface area (Å²) < 4.78 is 5.42. The first kappa shape index (κ1) is 21.7. The fraction of sp³-hybridized carbons (Fsp3) is 0.333. The third-order valence-corrected chi connectivity index (χ3v) is 5.43. The second kappa shape index (κ2) is 9.74. The van der Waals surface area contributed by atoms with Crippen molar-refractivity contribution in [1.29, 1.82) is 0 Å². The van der Waals surface area contributed by atoms with Gasteiger partial charge in [0.2, 0.25) is 5.89 Å². The average Bonchev–Trinajstić information content (AvgIpc) is 3.45. The van der Waals surface area contributed by atoms with Gasteiger partial charge in [0.15, 0.2) is 5.82 Å². The number of oxime groups is 1. The molecule has 0 saturated carbocycles. The summed E-state index contributed by atoms with van der Waals surface area (Å²) in [6.07, 6.45) is 1.16. The second-order valence-electron chi connectivity index (χ2n) is 8.04. The van der Waals surface area contributed by atoms with E-state index in [1.807, 2.05) is 68.7 Å². The van der Waals surface area contributed by atoms with Gasteiger partial charge in [-0.05, 0) is 37.4 Å². The number of carbonyl (C=O) groups is 1. The highest BCUT2D eigenvalue weighted by Crippen LogP contribution is 2.31. The van der Waals surface area contributed by atoms with Gasteiger partial charge < -0.3 is 19.2 Å². The fourth-order valence-electron chi connectivity index (χ4n) is 3.77. The van der Waals surface area contributed by atoms with Crippen molar-refractivity contribution >= 4 is 11.6 Å². The van der Waals surface area contributed by atoms with Gasteiger partial charge in [0.05, 0.1) is 12.3 Å². The van der Waals surface area contributed by atoms with Crippen molar-refractivity contribution < 1.29 is 14.2 Å². The zero-order chi connectivity index (χ0) is 22.5. The Hall–Kier alpha value is -3.52. The number of hydrogen-bond donors (Lipinski definition) is 0. The zero-order valence-electron chi connectivity index (χ0n) is 18.6. The molecule has 1 fully saturated rings. The quantitative estimate of drug-likeness (QED) is 0.531. The van der Waals surface area contributed by atoms with Crippen LogP contribution in [0.3, 0.4) is 0 Å². The molecule has 0 N–H and O–H groups in total. The van der Waals surface area contributed by atoms with Crippen LogP contribution in [0.1, 0.15) is 34.5 Å².